The van der Waals surface area contributed by atoms with Crippen molar-refractivity contribution in [3.05, 3.63) is 28.2 Å². The molecule has 0 amide bonds. The first-order chi connectivity index (χ1) is 6.70. The van der Waals surface area contributed by atoms with Crippen molar-refractivity contribution in [2.45, 2.75) is 24.9 Å². The van der Waals surface area contributed by atoms with Crippen LogP contribution in [0.1, 0.15) is 24.3 Å². The molecule has 0 spiro atoms. The summed E-state index contributed by atoms with van der Waals surface area (Å²) in [7, 11) is 1.68. The predicted octanol–water partition coefficient (Wildman–Crippen LogP) is -0.681. The van der Waals surface area contributed by atoms with Crippen molar-refractivity contribution in [1.29, 1.82) is 0 Å². The van der Waals surface area contributed by atoms with Crippen LogP contribution in [0.2, 0.25) is 0 Å². The number of halogens is 1. The maximum atomic E-state index is 9.25. The first-order valence-corrected chi connectivity index (χ1v) is 5.51. The molecule has 0 unspecified atom stereocenters. The third-order valence-corrected chi connectivity index (χ3v) is 3.24. The van der Waals surface area contributed by atoms with E-state index in [0.717, 1.165) is 23.1 Å². The van der Waals surface area contributed by atoms with Gasteiger partial charge in [-0.15, -0.1) is 0 Å². The number of aliphatic hydroxyl groups excluding tert-OH is 1. The van der Waals surface area contributed by atoms with E-state index in [1.807, 2.05) is 12.1 Å². The van der Waals surface area contributed by atoms with Crippen LogP contribution in [0.4, 0.5) is 0 Å². The zero-order valence-electron chi connectivity index (χ0n) is 9.61. The molecule has 1 aromatic rings. The van der Waals surface area contributed by atoms with Crippen LogP contribution in [-0.4, -0.2) is 26.7 Å². The van der Waals surface area contributed by atoms with Gasteiger partial charge in [0, 0.05) is 4.47 Å². The molecule has 2 rings (SSSR count). The number of ether oxygens (including phenoxy) is 1. The minimum Gasteiger partial charge on any atom is -1.00 e. The van der Waals surface area contributed by atoms with Crippen LogP contribution in [0.3, 0.4) is 0 Å². The van der Waals surface area contributed by atoms with Gasteiger partial charge < -0.3 is 18.3 Å². The standard InChI is InChI=1S/C11H13BrO2.B.Na/c1-14-11-6-8(12)2-3-10(11)7-4-9(13)5-7;;/h2-3,6-7,9,13H,4-5H2,1H3;;/q;-1;+1. The molecule has 0 bridgehead atoms. The second-order valence-corrected chi connectivity index (χ2v) is 4.62. The number of benzene rings is 1. The van der Waals surface area contributed by atoms with Crippen LogP contribution in [0.25, 0.3) is 0 Å². The van der Waals surface area contributed by atoms with Gasteiger partial charge in [0.25, 0.3) is 0 Å². The van der Waals surface area contributed by atoms with Crippen LogP contribution >= 0.6 is 15.9 Å². The second kappa shape index (κ2) is 7.07. The normalized spacial score (nSPS) is 22.4. The third-order valence-electron chi connectivity index (χ3n) is 2.75. The van der Waals surface area contributed by atoms with E-state index < -0.39 is 0 Å². The van der Waals surface area contributed by atoms with E-state index in [1.165, 1.54) is 5.56 Å². The van der Waals surface area contributed by atoms with E-state index >= 15 is 0 Å². The molecule has 1 N–H and O–H groups in total. The van der Waals surface area contributed by atoms with Gasteiger partial charge in [-0.3, -0.25) is 0 Å². The Kier molecular flexibility index (Phi) is 7.30. The van der Waals surface area contributed by atoms with E-state index in [1.54, 1.807) is 7.11 Å². The Balaban J connectivity index is 0.00000112. The first kappa shape index (κ1) is 16.5. The average molecular weight is 291 g/mol. The van der Waals surface area contributed by atoms with Gasteiger partial charge >= 0.3 is 29.6 Å². The summed E-state index contributed by atoms with van der Waals surface area (Å²) < 4.78 is 6.33. The molecule has 80 valence electrons. The molecule has 16 heavy (non-hydrogen) atoms. The Morgan fingerprint density at radius 1 is 1.38 bits per heavy atom. The predicted molar refractivity (Wildman–Crippen MR) is 64.4 cm³/mol. The van der Waals surface area contributed by atoms with Gasteiger partial charge in [0.2, 0.25) is 0 Å². The Labute approximate surface area is 129 Å². The van der Waals surface area contributed by atoms with Gasteiger partial charge in [-0.2, -0.15) is 0 Å². The van der Waals surface area contributed by atoms with Crippen LogP contribution < -0.4 is 34.3 Å². The van der Waals surface area contributed by atoms with Crippen molar-refractivity contribution in [2.24, 2.45) is 0 Å². The molecule has 1 aromatic carbocycles. The molecule has 1 saturated carbocycles. The van der Waals surface area contributed by atoms with Crippen molar-refractivity contribution in [3.63, 3.8) is 0 Å². The van der Waals surface area contributed by atoms with Gasteiger partial charge in [0.05, 0.1) is 13.2 Å². The molecular weight excluding hydrogens is 278 g/mol. The summed E-state index contributed by atoms with van der Waals surface area (Å²) >= 11 is 3.41. The molecule has 1 fully saturated rings. The van der Waals surface area contributed by atoms with Gasteiger partial charge in [0.15, 0.2) is 0 Å². The van der Waals surface area contributed by atoms with Crippen LogP contribution in [0.15, 0.2) is 22.7 Å². The largest absolute Gasteiger partial charge is 1.00 e. The minimum absolute atomic E-state index is 0. The van der Waals surface area contributed by atoms with Gasteiger partial charge in [-0.1, -0.05) is 22.0 Å². The fourth-order valence-corrected chi connectivity index (χ4v) is 2.20. The summed E-state index contributed by atoms with van der Waals surface area (Å²) in [5.74, 6) is 1.38. The summed E-state index contributed by atoms with van der Waals surface area (Å²) in [6, 6.07) is 6.06. The Morgan fingerprint density at radius 2 is 2.00 bits per heavy atom. The van der Waals surface area contributed by atoms with E-state index in [-0.39, 0.29) is 44.1 Å². The van der Waals surface area contributed by atoms with Gasteiger partial charge in [-0.05, 0) is 36.5 Å². The number of methoxy groups -OCH3 is 1. The summed E-state index contributed by atoms with van der Waals surface area (Å²) in [6.07, 6.45) is 1.60. The monoisotopic (exact) mass is 290 g/mol. The van der Waals surface area contributed by atoms with Gasteiger partial charge in [-0.25, -0.2) is 0 Å². The van der Waals surface area contributed by atoms with E-state index in [9.17, 15) is 5.11 Å². The fraction of sp³-hybridized carbons (Fsp3) is 0.455. The molecule has 1 aliphatic carbocycles. The molecule has 0 aliphatic heterocycles. The maximum absolute atomic E-state index is 9.25. The Morgan fingerprint density at radius 3 is 2.50 bits per heavy atom. The number of rotatable bonds is 2. The molecule has 0 aromatic heterocycles. The van der Waals surface area contributed by atoms with Gasteiger partial charge in [0.1, 0.15) is 5.75 Å². The summed E-state index contributed by atoms with van der Waals surface area (Å²) in [5, 5.41) is 9.25. The average Bonchev–Trinajstić information content (AvgIpc) is 2.13. The molecule has 0 atom stereocenters. The number of hydrogen-bond donors (Lipinski definition) is 1. The summed E-state index contributed by atoms with van der Waals surface area (Å²) in [4.78, 5) is 0. The van der Waals surface area contributed by atoms with Crippen molar-refractivity contribution < 1.29 is 39.4 Å². The topological polar surface area (TPSA) is 29.5 Å². The summed E-state index contributed by atoms with van der Waals surface area (Å²) in [5.41, 5.74) is 1.21. The Bertz CT molecular complexity index is 343. The van der Waals surface area contributed by atoms with Crippen molar-refractivity contribution in [1.82, 2.24) is 0 Å². The fourth-order valence-electron chi connectivity index (χ4n) is 1.86. The first-order valence-electron chi connectivity index (χ1n) is 4.72. The number of hydrogen-bond acceptors (Lipinski definition) is 2. The Hall–Kier alpha value is 0.525. The van der Waals surface area contributed by atoms with Crippen LogP contribution in [0, 0.1) is 0 Å². The van der Waals surface area contributed by atoms with Crippen LogP contribution in [0.5, 0.6) is 5.75 Å². The quantitative estimate of drug-likeness (QED) is 0.732. The third kappa shape index (κ3) is 3.51. The molecule has 0 heterocycles. The van der Waals surface area contributed by atoms with Crippen molar-refractivity contribution in [3.8, 4) is 5.75 Å². The number of aliphatic hydroxyl groups is 1. The molecule has 4 radical (unpaired) electrons. The van der Waals surface area contributed by atoms with Crippen molar-refractivity contribution >= 4 is 24.3 Å². The smallest absolute Gasteiger partial charge is 1.00 e. The van der Waals surface area contributed by atoms with Crippen molar-refractivity contribution in [2.75, 3.05) is 7.11 Å². The second-order valence-electron chi connectivity index (χ2n) is 3.71. The molecule has 1 aliphatic rings. The van der Waals surface area contributed by atoms with Crippen LogP contribution in [-0.2, 0) is 0 Å². The zero-order chi connectivity index (χ0) is 10.1. The zero-order valence-corrected chi connectivity index (χ0v) is 13.2. The minimum atomic E-state index is -0.117. The molecular formula is C11H13BBrNaO2. The molecule has 5 heteroatoms. The SMILES string of the molecule is COc1cc(Br)ccc1C1CC(O)C1.[B-].[Na+]. The van der Waals surface area contributed by atoms with E-state index in [0.29, 0.717) is 5.92 Å². The summed E-state index contributed by atoms with van der Waals surface area (Å²) in [6.45, 7) is 0. The molecule has 0 saturated heterocycles. The van der Waals surface area contributed by atoms with E-state index in [4.69, 9.17) is 4.74 Å². The maximum Gasteiger partial charge on any atom is 1.00 e. The van der Waals surface area contributed by atoms with E-state index in [2.05, 4.69) is 22.0 Å². The molecule has 2 nitrogen and oxygen atoms in total.